The molecule has 0 radical (unpaired) electrons. The first-order chi connectivity index (χ1) is 9.26. The summed E-state index contributed by atoms with van der Waals surface area (Å²) in [6.07, 6.45) is -1.25. The van der Waals surface area contributed by atoms with Crippen LogP contribution in [-0.4, -0.2) is 41.6 Å². The van der Waals surface area contributed by atoms with Gasteiger partial charge >= 0.3 is 6.18 Å². The molecule has 9 heteroatoms. The Kier molecular flexibility index (Phi) is 4.07. The number of aromatic nitrogens is 1. The number of halogens is 3. The van der Waals surface area contributed by atoms with E-state index in [0.717, 1.165) is 37.6 Å². The molecular weight excluding hydrogens is 293 g/mol. The first-order valence-corrected chi connectivity index (χ1v) is 6.93. The highest BCUT2D eigenvalue weighted by atomic mass is 32.1. The van der Waals surface area contributed by atoms with Gasteiger partial charge in [0.15, 0.2) is 5.13 Å². The van der Waals surface area contributed by atoms with Crippen molar-refractivity contribution >= 4 is 28.2 Å². The highest BCUT2D eigenvalue weighted by Crippen LogP contribution is 2.30. The summed E-state index contributed by atoms with van der Waals surface area (Å²) in [5, 5.41) is 3.60. The fourth-order valence-electron chi connectivity index (χ4n) is 1.79. The Balaban J connectivity index is 2.05. The lowest BCUT2D eigenvalue weighted by atomic mass is 9.93. The van der Waals surface area contributed by atoms with Crippen molar-refractivity contribution < 1.29 is 18.0 Å². The first kappa shape index (κ1) is 14.9. The fraction of sp³-hybridized carbons (Fsp3) is 0.636. The monoisotopic (exact) mass is 308 g/mol. The lowest BCUT2D eigenvalue weighted by Crippen LogP contribution is -2.35. The molecule has 0 spiro atoms. The zero-order valence-corrected chi connectivity index (χ0v) is 11.6. The molecule has 112 valence electrons. The lowest BCUT2D eigenvalue weighted by Gasteiger charge is -2.25. The molecule has 20 heavy (non-hydrogen) atoms. The molecule has 3 N–H and O–H groups in total. The van der Waals surface area contributed by atoms with Crippen molar-refractivity contribution in [3.05, 3.63) is 4.88 Å². The van der Waals surface area contributed by atoms with E-state index < -0.39 is 18.6 Å². The van der Waals surface area contributed by atoms with Crippen LogP contribution in [0.25, 0.3) is 0 Å². The number of amides is 1. The van der Waals surface area contributed by atoms with Gasteiger partial charge in [0.2, 0.25) is 0 Å². The molecule has 1 fully saturated rings. The third kappa shape index (κ3) is 3.53. The summed E-state index contributed by atoms with van der Waals surface area (Å²) in [7, 11) is 1.09. The second-order valence-electron chi connectivity index (χ2n) is 4.78. The number of carbonyl (C=O) groups excluding carboxylic acids is 1. The maximum Gasteiger partial charge on any atom is 0.406 e. The lowest BCUT2D eigenvalue weighted by molar-refractivity contribution is -0.138. The topological polar surface area (TPSA) is 71.2 Å². The molecule has 1 aromatic heterocycles. The van der Waals surface area contributed by atoms with Crippen molar-refractivity contribution in [2.75, 3.05) is 24.6 Å². The van der Waals surface area contributed by atoms with E-state index in [1.807, 2.05) is 0 Å². The zero-order chi connectivity index (χ0) is 14.9. The SMILES string of the molecule is CN(CC(F)(F)F)C(=O)c1sc(NC2CCC2)nc1N. The molecule has 0 saturated heterocycles. The van der Waals surface area contributed by atoms with E-state index in [1.165, 1.54) is 0 Å². The molecule has 0 atom stereocenters. The highest BCUT2D eigenvalue weighted by Gasteiger charge is 2.33. The van der Waals surface area contributed by atoms with Crippen LogP contribution in [0, 0.1) is 0 Å². The highest BCUT2D eigenvalue weighted by molar-refractivity contribution is 7.18. The number of rotatable bonds is 4. The maximum atomic E-state index is 12.3. The standard InChI is InChI=1S/C11H15F3N4OS/c1-18(5-11(12,13)14)9(19)7-8(15)17-10(20-7)16-6-3-2-4-6/h6H,2-5,15H2,1H3,(H,16,17). The van der Waals surface area contributed by atoms with Gasteiger partial charge in [0.1, 0.15) is 17.2 Å². The van der Waals surface area contributed by atoms with Gasteiger partial charge in [-0.3, -0.25) is 4.79 Å². The maximum absolute atomic E-state index is 12.3. The average Bonchev–Trinajstić information content (AvgIpc) is 2.61. The Morgan fingerprint density at radius 3 is 2.70 bits per heavy atom. The van der Waals surface area contributed by atoms with Crippen LogP contribution < -0.4 is 11.1 Å². The number of carbonyl (C=O) groups is 1. The van der Waals surface area contributed by atoms with Gasteiger partial charge in [-0.1, -0.05) is 11.3 Å². The van der Waals surface area contributed by atoms with Crippen molar-refractivity contribution in [2.24, 2.45) is 0 Å². The van der Waals surface area contributed by atoms with Crippen molar-refractivity contribution in [3.63, 3.8) is 0 Å². The second kappa shape index (κ2) is 5.47. The number of hydrogen-bond acceptors (Lipinski definition) is 5. The molecule has 0 aromatic carbocycles. The van der Waals surface area contributed by atoms with Crippen LogP contribution in [0.1, 0.15) is 28.9 Å². The molecule has 1 saturated carbocycles. The molecule has 1 aromatic rings. The largest absolute Gasteiger partial charge is 0.406 e. The Bertz CT molecular complexity index is 498. The number of nitrogens with zero attached hydrogens (tertiary/aromatic N) is 2. The number of nitrogens with one attached hydrogen (secondary N) is 1. The van der Waals surface area contributed by atoms with E-state index in [1.54, 1.807) is 0 Å². The number of hydrogen-bond donors (Lipinski definition) is 2. The van der Waals surface area contributed by atoms with Gasteiger partial charge in [0, 0.05) is 13.1 Å². The molecule has 1 aliphatic carbocycles. The van der Waals surface area contributed by atoms with Crippen LogP contribution in [0.5, 0.6) is 0 Å². The predicted octanol–water partition coefficient (Wildman–Crippen LogP) is 2.32. The Labute approximate surface area is 118 Å². The van der Waals surface area contributed by atoms with E-state index in [9.17, 15) is 18.0 Å². The van der Waals surface area contributed by atoms with Crippen molar-refractivity contribution in [1.82, 2.24) is 9.88 Å². The molecular formula is C11H15F3N4OS. The Morgan fingerprint density at radius 2 is 2.20 bits per heavy atom. The van der Waals surface area contributed by atoms with E-state index in [4.69, 9.17) is 5.73 Å². The smallest absolute Gasteiger partial charge is 0.382 e. The summed E-state index contributed by atoms with van der Waals surface area (Å²) in [6, 6.07) is 0.316. The van der Waals surface area contributed by atoms with E-state index in [-0.39, 0.29) is 10.7 Å². The van der Waals surface area contributed by atoms with Gasteiger partial charge in [-0.2, -0.15) is 13.2 Å². The predicted molar refractivity (Wildman–Crippen MR) is 70.8 cm³/mol. The van der Waals surface area contributed by atoms with Gasteiger partial charge < -0.3 is 16.0 Å². The van der Waals surface area contributed by atoms with Crippen molar-refractivity contribution in [2.45, 2.75) is 31.5 Å². The first-order valence-electron chi connectivity index (χ1n) is 6.11. The quantitative estimate of drug-likeness (QED) is 0.895. The van der Waals surface area contributed by atoms with Gasteiger partial charge in [-0.25, -0.2) is 4.98 Å². The van der Waals surface area contributed by atoms with Gasteiger partial charge in [-0.05, 0) is 19.3 Å². The van der Waals surface area contributed by atoms with Gasteiger partial charge in [0.05, 0.1) is 0 Å². The molecule has 1 amide bonds. The van der Waals surface area contributed by atoms with E-state index in [2.05, 4.69) is 10.3 Å². The summed E-state index contributed by atoms with van der Waals surface area (Å²) >= 11 is 0.994. The summed E-state index contributed by atoms with van der Waals surface area (Å²) in [6.45, 7) is -1.31. The summed E-state index contributed by atoms with van der Waals surface area (Å²) in [5.41, 5.74) is 5.61. The normalized spacial score (nSPS) is 15.8. The minimum Gasteiger partial charge on any atom is -0.382 e. The number of thiazole rings is 1. The number of alkyl halides is 3. The van der Waals surface area contributed by atoms with Gasteiger partial charge in [0.25, 0.3) is 5.91 Å². The average molecular weight is 308 g/mol. The summed E-state index contributed by atoms with van der Waals surface area (Å²) in [4.78, 5) is 16.5. The minimum atomic E-state index is -4.43. The van der Waals surface area contributed by atoms with Crippen molar-refractivity contribution in [1.29, 1.82) is 0 Å². The number of anilines is 2. The molecule has 5 nitrogen and oxygen atoms in total. The third-order valence-corrected chi connectivity index (χ3v) is 4.03. The van der Waals surface area contributed by atoms with Crippen LogP contribution in [-0.2, 0) is 0 Å². The summed E-state index contributed by atoms with van der Waals surface area (Å²) < 4.78 is 36.8. The molecule has 0 unspecified atom stereocenters. The minimum absolute atomic E-state index is 0.0316. The van der Waals surface area contributed by atoms with Gasteiger partial charge in [-0.15, -0.1) is 0 Å². The fourth-order valence-corrected chi connectivity index (χ4v) is 2.74. The molecule has 1 heterocycles. The molecule has 0 aliphatic heterocycles. The summed E-state index contributed by atoms with van der Waals surface area (Å²) in [5.74, 6) is -0.796. The van der Waals surface area contributed by atoms with Crippen LogP contribution in [0.3, 0.4) is 0 Å². The van der Waals surface area contributed by atoms with Crippen LogP contribution in [0.15, 0.2) is 0 Å². The molecule has 0 bridgehead atoms. The second-order valence-corrected chi connectivity index (χ2v) is 5.78. The van der Waals surface area contributed by atoms with E-state index >= 15 is 0 Å². The van der Waals surface area contributed by atoms with Crippen molar-refractivity contribution in [3.8, 4) is 0 Å². The zero-order valence-electron chi connectivity index (χ0n) is 10.8. The van der Waals surface area contributed by atoms with Crippen LogP contribution in [0.2, 0.25) is 0 Å². The van der Waals surface area contributed by atoms with Crippen LogP contribution in [0.4, 0.5) is 24.1 Å². The number of nitrogens with two attached hydrogens (primary N) is 1. The Hall–Kier alpha value is -1.51. The van der Waals surface area contributed by atoms with Crippen LogP contribution >= 0.6 is 11.3 Å². The molecule has 1 aliphatic rings. The van der Waals surface area contributed by atoms with E-state index in [0.29, 0.717) is 16.1 Å². The molecule has 2 rings (SSSR count). The third-order valence-electron chi connectivity index (χ3n) is 3.04. The Morgan fingerprint density at radius 1 is 1.55 bits per heavy atom. The number of nitrogen functional groups attached to an aromatic ring is 1.